The summed E-state index contributed by atoms with van der Waals surface area (Å²) in [4.78, 5) is 2.78. The molecule has 0 radical (unpaired) electrons. The van der Waals surface area contributed by atoms with Crippen LogP contribution in [0.1, 0.15) is 72.1 Å². The third-order valence-corrected chi connectivity index (χ3v) is 5.89. The lowest BCUT2D eigenvalue weighted by molar-refractivity contribution is 0.0354. The first kappa shape index (κ1) is 15.3. The number of nitrogens with two attached hydrogens (primary N) is 1. The highest BCUT2D eigenvalue weighted by atomic mass is 15.2. The minimum absolute atomic E-state index is 0.333. The van der Waals surface area contributed by atoms with Crippen LogP contribution in [-0.2, 0) is 0 Å². The summed E-state index contributed by atoms with van der Waals surface area (Å²) < 4.78 is 0. The molecule has 1 heterocycles. The molecule has 2 rings (SSSR count). The van der Waals surface area contributed by atoms with E-state index in [1.807, 2.05) is 0 Å². The van der Waals surface area contributed by atoms with Gasteiger partial charge in [0.1, 0.15) is 0 Å². The maximum absolute atomic E-state index is 6.26. The van der Waals surface area contributed by atoms with E-state index in [-0.39, 0.29) is 0 Å². The minimum Gasteiger partial charge on any atom is -0.329 e. The monoisotopic (exact) mass is 266 g/mol. The molecule has 2 unspecified atom stereocenters. The molecule has 0 aromatic heterocycles. The van der Waals surface area contributed by atoms with Gasteiger partial charge < -0.3 is 5.73 Å². The van der Waals surface area contributed by atoms with Gasteiger partial charge in [-0.15, -0.1) is 0 Å². The Morgan fingerprint density at radius 2 is 1.89 bits per heavy atom. The van der Waals surface area contributed by atoms with Crippen molar-refractivity contribution in [2.24, 2.45) is 17.1 Å². The Hall–Kier alpha value is -0.0800. The van der Waals surface area contributed by atoms with Gasteiger partial charge in [-0.1, -0.05) is 40.0 Å². The second kappa shape index (κ2) is 6.13. The van der Waals surface area contributed by atoms with Gasteiger partial charge in [0, 0.05) is 12.1 Å². The Morgan fingerprint density at radius 1 is 1.11 bits per heavy atom. The lowest BCUT2D eigenvalue weighted by Crippen LogP contribution is -2.56. The van der Waals surface area contributed by atoms with Crippen LogP contribution in [-0.4, -0.2) is 30.1 Å². The largest absolute Gasteiger partial charge is 0.329 e. The van der Waals surface area contributed by atoms with E-state index in [9.17, 15) is 0 Å². The van der Waals surface area contributed by atoms with Crippen molar-refractivity contribution in [3.63, 3.8) is 0 Å². The molecule has 1 saturated carbocycles. The summed E-state index contributed by atoms with van der Waals surface area (Å²) in [6.07, 6.45) is 10.9. The van der Waals surface area contributed by atoms with Crippen LogP contribution >= 0.6 is 0 Å². The van der Waals surface area contributed by atoms with Crippen molar-refractivity contribution >= 4 is 0 Å². The van der Waals surface area contributed by atoms with Gasteiger partial charge in [-0.25, -0.2) is 0 Å². The van der Waals surface area contributed by atoms with Crippen molar-refractivity contribution in [1.82, 2.24) is 4.90 Å². The molecule has 0 aromatic rings. The first-order chi connectivity index (χ1) is 9.01. The van der Waals surface area contributed by atoms with E-state index in [1.165, 1.54) is 64.5 Å². The molecule has 2 nitrogen and oxygen atoms in total. The van der Waals surface area contributed by atoms with Crippen LogP contribution in [0, 0.1) is 11.3 Å². The second-order valence-corrected chi connectivity index (χ2v) is 7.80. The Kier molecular flexibility index (Phi) is 4.94. The molecule has 1 aliphatic heterocycles. The van der Waals surface area contributed by atoms with Crippen molar-refractivity contribution in [3.05, 3.63) is 0 Å². The fourth-order valence-corrected chi connectivity index (χ4v) is 4.31. The van der Waals surface area contributed by atoms with E-state index >= 15 is 0 Å². The van der Waals surface area contributed by atoms with Gasteiger partial charge in [-0.2, -0.15) is 0 Å². The lowest BCUT2D eigenvalue weighted by Gasteiger charge is -2.48. The van der Waals surface area contributed by atoms with Crippen LogP contribution in [0.3, 0.4) is 0 Å². The standard InChI is InChI=1S/C17H34N2/c1-4-15-7-5-9-17(13-15,14-18)19-11-6-8-16(2,3)10-12-19/h15H,4-14,18H2,1-3H3. The summed E-state index contributed by atoms with van der Waals surface area (Å²) in [6.45, 7) is 10.6. The van der Waals surface area contributed by atoms with Gasteiger partial charge in [0.15, 0.2) is 0 Å². The SMILES string of the molecule is CCC1CCCC(CN)(N2CCCC(C)(C)CC2)C1. The Morgan fingerprint density at radius 3 is 2.58 bits per heavy atom. The Bertz CT molecular complexity index is 287. The zero-order valence-corrected chi connectivity index (χ0v) is 13.4. The third kappa shape index (κ3) is 3.52. The average Bonchev–Trinajstić information content (AvgIpc) is 2.60. The quantitative estimate of drug-likeness (QED) is 0.842. The highest BCUT2D eigenvalue weighted by Gasteiger charge is 2.40. The summed E-state index contributed by atoms with van der Waals surface area (Å²) in [6, 6.07) is 0. The Labute approximate surface area is 120 Å². The molecule has 112 valence electrons. The molecule has 2 aliphatic rings. The third-order valence-electron chi connectivity index (χ3n) is 5.89. The van der Waals surface area contributed by atoms with E-state index in [0.29, 0.717) is 11.0 Å². The second-order valence-electron chi connectivity index (χ2n) is 7.80. The van der Waals surface area contributed by atoms with Gasteiger partial charge in [-0.3, -0.25) is 4.90 Å². The van der Waals surface area contributed by atoms with E-state index in [0.717, 1.165) is 12.5 Å². The number of rotatable bonds is 3. The highest BCUT2D eigenvalue weighted by Crippen LogP contribution is 2.40. The first-order valence-electron chi connectivity index (χ1n) is 8.46. The summed E-state index contributed by atoms with van der Waals surface area (Å²) in [5.74, 6) is 0.911. The van der Waals surface area contributed by atoms with Gasteiger partial charge in [0.2, 0.25) is 0 Å². The molecule has 0 spiro atoms. The van der Waals surface area contributed by atoms with E-state index < -0.39 is 0 Å². The van der Waals surface area contributed by atoms with Crippen LogP contribution in [0.15, 0.2) is 0 Å². The maximum atomic E-state index is 6.26. The van der Waals surface area contributed by atoms with E-state index in [4.69, 9.17) is 5.73 Å². The molecule has 0 aromatic carbocycles. The summed E-state index contributed by atoms with van der Waals surface area (Å²) in [7, 11) is 0. The van der Waals surface area contributed by atoms with Crippen molar-refractivity contribution < 1.29 is 0 Å². The van der Waals surface area contributed by atoms with Crippen LogP contribution in [0.25, 0.3) is 0 Å². The molecule has 19 heavy (non-hydrogen) atoms. The fraction of sp³-hybridized carbons (Fsp3) is 1.00. The van der Waals surface area contributed by atoms with Gasteiger partial charge in [-0.05, 0) is 56.5 Å². The molecule has 2 heteroatoms. The van der Waals surface area contributed by atoms with Crippen molar-refractivity contribution in [2.75, 3.05) is 19.6 Å². The number of hydrogen-bond acceptors (Lipinski definition) is 2. The van der Waals surface area contributed by atoms with Gasteiger partial charge in [0.25, 0.3) is 0 Å². The summed E-state index contributed by atoms with van der Waals surface area (Å²) in [5.41, 5.74) is 7.13. The number of nitrogens with zero attached hydrogens (tertiary/aromatic N) is 1. The molecular formula is C17H34N2. The van der Waals surface area contributed by atoms with Crippen molar-refractivity contribution in [3.8, 4) is 0 Å². The van der Waals surface area contributed by atoms with Crippen LogP contribution in [0.2, 0.25) is 0 Å². The summed E-state index contributed by atoms with van der Waals surface area (Å²) >= 11 is 0. The van der Waals surface area contributed by atoms with Crippen molar-refractivity contribution in [1.29, 1.82) is 0 Å². The fourth-order valence-electron chi connectivity index (χ4n) is 4.31. The van der Waals surface area contributed by atoms with E-state index in [1.54, 1.807) is 0 Å². The zero-order chi connectivity index (χ0) is 13.9. The predicted molar refractivity (Wildman–Crippen MR) is 83.2 cm³/mol. The van der Waals surface area contributed by atoms with Gasteiger partial charge in [0.05, 0.1) is 0 Å². The molecule has 0 amide bonds. The zero-order valence-electron chi connectivity index (χ0n) is 13.4. The van der Waals surface area contributed by atoms with Crippen LogP contribution in [0.5, 0.6) is 0 Å². The number of likely N-dealkylation sites (tertiary alicyclic amines) is 1. The van der Waals surface area contributed by atoms with Gasteiger partial charge >= 0.3 is 0 Å². The predicted octanol–water partition coefficient (Wildman–Crippen LogP) is 3.80. The van der Waals surface area contributed by atoms with E-state index in [2.05, 4.69) is 25.7 Å². The molecule has 2 N–H and O–H groups in total. The topological polar surface area (TPSA) is 29.3 Å². The number of hydrogen-bond donors (Lipinski definition) is 1. The summed E-state index contributed by atoms with van der Waals surface area (Å²) in [5, 5.41) is 0. The lowest BCUT2D eigenvalue weighted by atomic mass is 9.73. The normalized spacial score (nSPS) is 36.9. The smallest absolute Gasteiger partial charge is 0.0334 e. The maximum Gasteiger partial charge on any atom is 0.0334 e. The van der Waals surface area contributed by atoms with Crippen LogP contribution in [0.4, 0.5) is 0 Å². The molecule has 1 aliphatic carbocycles. The molecule has 2 fully saturated rings. The Balaban J connectivity index is 2.07. The van der Waals surface area contributed by atoms with Crippen LogP contribution < -0.4 is 5.73 Å². The highest BCUT2D eigenvalue weighted by molar-refractivity contribution is 4.97. The van der Waals surface area contributed by atoms with Crippen molar-refractivity contribution in [2.45, 2.75) is 77.7 Å². The molecule has 2 atom stereocenters. The minimum atomic E-state index is 0.333. The molecule has 0 bridgehead atoms. The molecule has 1 saturated heterocycles. The molecular weight excluding hydrogens is 232 g/mol. The first-order valence-corrected chi connectivity index (χ1v) is 8.46. The average molecular weight is 266 g/mol.